The highest BCUT2D eigenvalue weighted by atomic mass is 35.5. The second kappa shape index (κ2) is 6.24. The highest BCUT2D eigenvalue weighted by Crippen LogP contribution is 2.30. The smallest absolute Gasteiger partial charge is 0.227 e. The van der Waals surface area contributed by atoms with Crippen LogP contribution in [0.1, 0.15) is 24.8 Å². The van der Waals surface area contributed by atoms with Crippen molar-refractivity contribution in [1.82, 2.24) is 10.2 Å². The number of rotatable bonds is 3. The maximum Gasteiger partial charge on any atom is 0.227 e. The zero-order valence-electron chi connectivity index (χ0n) is 12.3. The van der Waals surface area contributed by atoms with E-state index in [2.05, 4.69) is 10.2 Å². The lowest BCUT2D eigenvalue weighted by atomic mass is 10.1. The van der Waals surface area contributed by atoms with Gasteiger partial charge in [0.05, 0.1) is 13.5 Å². The van der Waals surface area contributed by atoms with E-state index < -0.39 is 0 Å². The summed E-state index contributed by atoms with van der Waals surface area (Å²) in [4.78, 5) is 14.9. The third-order valence-electron chi connectivity index (χ3n) is 4.53. The summed E-state index contributed by atoms with van der Waals surface area (Å²) in [5, 5.41) is 4.06. The molecule has 0 saturated carbocycles. The molecule has 2 heterocycles. The summed E-state index contributed by atoms with van der Waals surface area (Å²) in [7, 11) is 1.62. The van der Waals surface area contributed by atoms with Gasteiger partial charge in [-0.25, -0.2) is 0 Å². The third-order valence-corrected chi connectivity index (χ3v) is 4.76. The Labute approximate surface area is 130 Å². The van der Waals surface area contributed by atoms with Crippen LogP contribution < -0.4 is 10.1 Å². The maximum absolute atomic E-state index is 12.8. The van der Waals surface area contributed by atoms with Gasteiger partial charge in [-0.1, -0.05) is 11.6 Å². The van der Waals surface area contributed by atoms with Gasteiger partial charge in [-0.15, -0.1) is 0 Å². The number of benzene rings is 1. The van der Waals surface area contributed by atoms with Gasteiger partial charge in [-0.2, -0.15) is 0 Å². The Hall–Kier alpha value is -1.26. The quantitative estimate of drug-likeness (QED) is 0.931. The molecule has 21 heavy (non-hydrogen) atoms. The van der Waals surface area contributed by atoms with Crippen LogP contribution in [-0.2, 0) is 11.2 Å². The fraction of sp³-hybridized carbons (Fsp3) is 0.562. The van der Waals surface area contributed by atoms with Crippen LogP contribution in [0.5, 0.6) is 5.75 Å². The lowest BCUT2D eigenvalue weighted by molar-refractivity contribution is -0.133. The molecule has 2 atom stereocenters. The number of amides is 1. The van der Waals surface area contributed by atoms with Crippen molar-refractivity contribution in [2.75, 3.05) is 20.2 Å². The van der Waals surface area contributed by atoms with E-state index in [0.29, 0.717) is 23.5 Å². The van der Waals surface area contributed by atoms with E-state index in [1.807, 2.05) is 12.1 Å². The molecular formula is C16H21ClN2O2. The molecule has 1 amide bonds. The summed E-state index contributed by atoms with van der Waals surface area (Å²) < 4.78 is 5.34. The molecule has 0 aliphatic carbocycles. The van der Waals surface area contributed by atoms with Gasteiger partial charge in [0.1, 0.15) is 5.75 Å². The molecule has 1 aromatic rings. The zero-order valence-corrected chi connectivity index (χ0v) is 13.0. The molecular weight excluding hydrogens is 288 g/mol. The number of carbonyl (C=O) groups is 1. The van der Waals surface area contributed by atoms with Crippen molar-refractivity contribution >= 4 is 17.5 Å². The van der Waals surface area contributed by atoms with Crippen LogP contribution in [0, 0.1) is 0 Å². The second-order valence-corrected chi connectivity index (χ2v) is 6.25. The van der Waals surface area contributed by atoms with Crippen LogP contribution in [0.4, 0.5) is 0 Å². The first-order valence-corrected chi connectivity index (χ1v) is 7.91. The Kier molecular flexibility index (Phi) is 4.36. The molecule has 0 spiro atoms. The predicted molar refractivity (Wildman–Crippen MR) is 82.9 cm³/mol. The Balaban J connectivity index is 1.78. The van der Waals surface area contributed by atoms with E-state index in [4.69, 9.17) is 16.3 Å². The minimum atomic E-state index is 0.187. The number of carbonyl (C=O) groups excluding carboxylic acids is 1. The van der Waals surface area contributed by atoms with Gasteiger partial charge in [0.25, 0.3) is 0 Å². The average Bonchev–Trinajstić information content (AvgIpc) is 2.72. The molecule has 2 unspecified atom stereocenters. The molecule has 114 valence electrons. The Bertz CT molecular complexity index is 521. The minimum absolute atomic E-state index is 0.187. The number of methoxy groups -OCH3 is 1. The molecule has 1 N–H and O–H groups in total. The van der Waals surface area contributed by atoms with Gasteiger partial charge >= 0.3 is 0 Å². The van der Waals surface area contributed by atoms with E-state index in [1.54, 1.807) is 13.2 Å². The summed E-state index contributed by atoms with van der Waals surface area (Å²) in [6.45, 7) is 1.92. The highest BCUT2D eigenvalue weighted by molar-refractivity contribution is 6.30. The van der Waals surface area contributed by atoms with E-state index in [1.165, 1.54) is 0 Å². The van der Waals surface area contributed by atoms with Gasteiger partial charge in [0, 0.05) is 29.2 Å². The first kappa shape index (κ1) is 14.7. The normalized spacial score (nSPS) is 24.8. The van der Waals surface area contributed by atoms with Crippen LogP contribution in [-0.4, -0.2) is 43.1 Å². The third kappa shape index (κ3) is 3.01. The van der Waals surface area contributed by atoms with Crippen molar-refractivity contribution in [3.05, 3.63) is 28.8 Å². The lowest BCUT2D eigenvalue weighted by Crippen LogP contribution is -2.43. The first-order valence-electron chi connectivity index (χ1n) is 7.53. The van der Waals surface area contributed by atoms with Crippen LogP contribution in [0.25, 0.3) is 0 Å². The van der Waals surface area contributed by atoms with Crippen molar-refractivity contribution < 1.29 is 9.53 Å². The second-order valence-electron chi connectivity index (χ2n) is 5.81. The topological polar surface area (TPSA) is 41.6 Å². The number of ether oxygens (including phenoxy) is 1. The standard InChI is InChI=1S/C16H21ClN2O2/c1-21-15-5-2-12(17)8-11(15)9-16(20)19-13-3-4-14(19)10-18-7-6-13/h2,5,8,13-14,18H,3-4,6-7,9-10H2,1H3. The van der Waals surface area contributed by atoms with Gasteiger partial charge < -0.3 is 15.0 Å². The molecule has 2 saturated heterocycles. The number of nitrogens with one attached hydrogen (secondary N) is 1. The summed E-state index contributed by atoms with van der Waals surface area (Å²) in [6.07, 6.45) is 3.65. The summed E-state index contributed by atoms with van der Waals surface area (Å²) in [5.74, 6) is 0.916. The molecule has 5 heteroatoms. The summed E-state index contributed by atoms with van der Waals surface area (Å²) in [5.41, 5.74) is 0.867. The Morgan fingerprint density at radius 2 is 2.19 bits per heavy atom. The largest absolute Gasteiger partial charge is 0.496 e. The molecule has 2 bridgehead atoms. The van der Waals surface area contributed by atoms with Gasteiger partial charge in [0.2, 0.25) is 5.91 Å². The van der Waals surface area contributed by atoms with E-state index in [-0.39, 0.29) is 5.91 Å². The van der Waals surface area contributed by atoms with Crippen molar-refractivity contribution in [3.8, 4) is 5.75 Å². The highest BCUT2D eigenvalue weighted by Gasteiger charge is 2.37. The summed E-state index contributed by atoms with van der Waals surface area (Å²) >= 11 is 6.05. The molecule has 2 aliphatic rings. The van der Waals surface area contributed by atoms with E-state index in [9.17, 15) is 4.79 Å². The van der Waals surface area contributed by atoms with Gasteiger partial charge in [-0.3, -0.25) is 4.79 Å². The Morgan fingerprint density at radius 3 is 3.00 bits per heavy atom. The monoisotopic (exact) mass is 308 g/mol. The van der Waals surface area contributed by atoms with Crippen molar-refractivity contribution in [2.24, 2.45) is 0 Å². The van der Waals surface area contributed by atoms with Crippen LogP contribution in [0.3, 0.4) is 0 Å². The molecule has 2 fully saturated rings. The minimum Gasteiger partial charge on any atom is -0.496 e. The van der Waals surface area contributed by atoms with Crippen LogP contribution >= 0.6 is 11.6 Å². The number of halogens is 1. The van der Waals surface area contributed by atoms with Crippen molar-refractivity contribution in [2.45, 2.75) is 37.8 Å². The number of fused-ring (bicyclic) bond motifs is 2. The van der Waals surface area contributed by atoms with Gasteiger partial charge in [-0.05, 0) is 44.0 Å². The number of nitrogens with zero attached hydrogens (tertiary/aromatic N) is 1. The number of hydrogen-bond donors (Lipinski definition) is 1. The first-order chi connectivity index (χ1) is 10.2. The lowest BCUT2D eigenvalue weighted by Gasteiger charge is -2.28. The van der Waals surface area contributed by atoms with Crippen LogP contribution in [0.2, 0.25) is 5.02 Å². The van der Waals surface area contributed by atoms with Crippen molar-refractivity contribution in [1.29, 1.82) is 0 Å². The van der Waals surface area contributed by atoms with E-state index >= 15 is 0 Å². The van der Waals surface area contributed by atoms with E-state index in [0.717, 1.165) is 43.7 Å². The SMILES string of the molecule is COc1ccc(Cl)cc1CC(=O)N1C2CCNCC1CC2. The summed E-state index contributed by atoms with van der Waals surface area (Å²) in [6, 6.07) is 6.17. The molecule has 4 nitrogen and oxygen atoms in total. The molecule has 2 aliphatic heterocycles. The maximum atomic E-state index is 12.8. The Morgan fingerprint density at radius 1 is 1.38 bits per heavy atom. The zero-order chi connectivity index (χ0) is 14.8. The molecule has 3 rings (SSSR count). The number of hydrogen-bond acceptors (Lipinski definition) is 3. The fourth-order valence-corrected chi connectivity index (χ4v) is 3.72. The predicted octanol–water partition coefficient (Wildman–Crippen LogP) is 2.24. The average molecular weight is 309 g/mol. The molecule has 0 radical (unpaired) electrons. The van der Waals surface area contributed by atoms with Gasteiger partial charge in [0.15, 0.2) is 0 Å². The molecule has 1 aromatic carbocycles. The fourth-order valence-electron chi connectivity index (χ4n) is 3.53. The van der Waals surface area contributed by atoms with Crippen LogP contribution in [0.15, 0.2) is 18.2 Å². The van der Waals surface area contributed by atoms with Crippen molar-refractivity contribution in [3.63, 3.8) is 0 Å². The molecule has 0 aromatic heterocycles.